The molecule has 0 aliphatic carbocycles. The van der Waals surface area contributed by atoms with Crippen molar-refractivity contribution in [1.82, 2.24) is 14.5 Å². The summed E-state index contributed by atoms with van der Waals surface area (Å²) < 4.78 is 57.7. The Morgan fingerprint density at radius 2 is 1.65 bits per heavy atom. The van der Waals surface area contributed by atoms with Crippen molar-refractivity contribution in [3.05, 3.63) is 66.0 Å². The number of alkyl halides is 3. The first-order valence-electron chi connectivity index (χ1n) is 11.1. The van der Waals surface area contributed by atoms with Gasteiger partial charge in [0.1, 0.15) is 11.5 Å². The molecule has 1 aliphatic heterocycles. The summed E-state index contributed by atoms with van der Waals surface area (Å²) in [5.41, 5.74) is 0.693. The number of rotatable bonds is 8. The molecule has 1 aliphatic rings. The van der Waals surface area contributed by atoms with Gasteiger partial charge in [-0.1, -0.05) is 18.2 Å². The molecule has 2 aromatic carbocycles. The highest BCUT2D eigenvalue weighted by Crippen LogP contribution is 2.33. The van der Waals surface area contributed by atoms with E-state index in [1.54, 1.807) is 31.4 Å². The first-order valence-corrected chi connectivity index (χ1v) is 11.1. The third-order valence-corrected chi connectivity index (χ3v) is 5.99. The van der Waals surface area contributed by atoms with E-state index in [4.69, 9.17) is 14.2 Å². The lowest BCUT2D eigenvalue weighted by Gasteiger charge is -2.31. The average molecular weight is 476 g/mol. The number of benzene rings is 2. The van der Waals surface area contributed by atoms with Crippen LogP contribution in [0.25, 0.3) is 5.69 Å². The van der Waals surface area contributed by atoms with Gasteiger partial charge in [0.15, 0.2) is 5.69 Å². The fourth-order valence-electron chi connectivity index (χ4n) is 4.08. The zero-order valence-corrected chi connectivity index (χ0v) is 19.2. The number of hydrogen-bond acceptors (Lipinski definition) is 5. The molecule has 6 nitrogen and oxygen atoms in total. The van der Waals surface area contributed by atoms with Crippen LogP contribution in [0.1, 0.15) is 24.1 Å². The number of likely N-dealkylation sites (tertiary alicyclic amines) is 1. The summed E-state index contributed by atoms with van der Waals surface area (Å²) in [5.74, 6) is 1.62. The van der Waals surface area contributed by atoms with Crippen molar-refractivity contribution in [2.45, 2.75) is 25.6 Å². The van der Waals surface area contributed by atoms with Crippen molar-refractivity contribution in [3.63, 3.8) is 0 Å². The maximum atomic E-state index is 13.3. The number of ether oxygens (including phenoxy) is 3. The first-order chi connectivity index (χ1) is 16.4. The van der Waals surface area contributed by atoms with Crippen LogP contribution in [0.3, 0.4) is 0 Å². The minimum Gasteiger partial charge on any atom is -0.497 e. The van der Waals surface area contributed by atoms with Gasteiger partial charge in [0, 0.05) is 18.8 Å². The summed E-state index contributed by atoms with van der Waals surface area (Å²) in [4.78, 5) is 6.10. The molecule has 0 atom stereocenters. The van der Waals surface area contributed by atoms with E-state index in [2.05, 4.69) is 16.0 Å². The van der Waals surface area contributed by atoms with Crippen molar-refractivity contribution < 1.29 is 27.4 Å². The molecule has 0 N–H and O–H groups in total. The molecule has 9 heteroatoms. The number of nitrogens with zero attached hydrogens (tertiary/aromatic N) is 3. The van der Waals surface area contributed by atoms with E-state index in [1.165, 1.54) is 17.2 Å². The van der Waals surface area contributed by atoms with Gasteiger partial charge in [-0.3, -0.25) is 9.47 Å². The highest BCUT2D eigenvalue weighted by Gasteiger charge is 2.35. The Bertz CT molecular complexity index is 1090. The number of methoxy groups -OCH3 is 2. The van der Waals surface area contributed by atoms with Gasteiger partial charge in [0.25, 0.3) is 0 Å². The van der Waals surface area contributed by atoms with Gasteiger partial charge in [-0.2, -0.15) is 18.2 Å². The van der Waals surface area contributed by atoms with Crippen LogP contribution in [0, 0.1) is 5.92 Å². The third kappa shape index (κ3) is 5.83. The van der Waals surface area contributed by atoms with Gasteiger partial charge < -0.3 is 14.2 Å². The number of aromatic nitrogens is 2. The van der Waals surface area contributed by atoms with Crippen LogP contribution in [0.5, 0.6) is 17.5 Å². The average Bonchev–Trinajstić information content (AvgIpc) is 3.29. The van der Waals surface area contributed by atoms with Crippen LogP contribution in [-0.4, -0.2) is 48.4 Å². The van der Waals surface area contributed by atoms with E-state index >= 15 is 0 Å². The van der Waals surface area contributed by atoms with E-state index in [9.17, 15) is 13.2 Å². The Kier molecular flexibility index (Phi) is 7.31. The lowest BCUT2D eigenvalue weighted by Crippen LogP contribution is -2.35. The van der Waals surface area contributed by atoms with Gasteiger partial charge in [-0.05, 0) is 61.7 Å². The molecule has 4 rings (SSSR count). The molecular formula is C25H28F3N3O3. The van der Waals surface area contributed by atoms with Crippen molar-refractivity contribution in [1.29, 1.82) is 0 Å². The summed E-state index contributed by atoms with van der Waals surface area (Å²) in [6, 6.07) is 14.7. The second-order valence-corrected chi connectivity index (χ2v) is 8.36. The zero-order valence-electron chi connectivity index (χ0n) is 19.2. The van der Waals surface area contributed by atoms with Crippen molar-refractivity contribution in [2.75, 3.05) is 33.9 Å². The minimum absolute atomic E-state index is 0.0700. The van der Waals surface area contributed by atoms with E-state index in [-0.39, 0.29) is 11.9 Å². The lowest BCUT2D eigenvalue weighted by molar-refractivity contribution is -0.141. The third-order valence-electron chi connectivity index (χ3n) is 5.99. The first kappa shape index (κ1) is 23.9. The highest BCUT2D eigenvalue weighted by molar-refractivity contribution is 5.42. The van der Waals surface area contributed by atoms with Crippen LogP contribution < -0.4 is 14.2 Å². The second kappa shape index (κ2) is 10.4. The molecule has 1 aromatic heterocycles. The molecule has 34 heavy (non-hydrogen) atoms. The molecule has 2 heterocycles. The minimum atomic E-state index is -4.56. The molecule has 1 fully saturated rings. The van der Waals surface area contributed by atoms with Crippen LogP contribution in [0.2, 0.25) is 0 Å². The van der Waals surface area contributed by atoms with E-state index in [0.717, 1.165) is 44.4 Å². The van der Waals surface area contributed by atoms with Crippen molar-refractivity contribution in [2.24, 2.45) is 5.92 Å². The standard InChI is InChI=1S/C25H28F3N3O3/c1-32-21-7-3-5-19(13-21)15-30-11-9-18(10-12-30)17-34-24-29-23(25(26,27)28)16-31(24)20-6-4-8-22(14-20)33-2/h3-8,13-14,16,18H,9-12,15,17H2,1-2H3. The van der Waals surface area contributed by atoms with Crippen molar-refractivity contribution in [3.8, 4) is 23.2 Å². The molecule has 0 saturated carbocycles. The monoisotopic (exact) mass is 475 g/mol. The second-order valence-electron chi connectivity index (χ2n) is 8.36. The maximum absolute atomic E-state index is 13.3. The Labute approximate surface area is 196 Å². The Morgan fingerprint density at radius 1 is 0.971 bits per heavy atom. The maximum Gasteiger partial charge on any atom is 0.435 e. The van der Waals surface area contributed by atoms with E-state index in [0.29, 0.717) is 18.0 Å². The smallest absolute Gasteiger partial charge is 0.435 e. The van der Waals surface area contributed by atoms with E-state index < -0.39 is 11.9 Å². The fourth-order valence-corrected chi connectivity index (χ4v) is 4.08. The molecule has 0 unspecified atom stereocenters. The predicted molar refractivity (Wildman–Crippen MR) is 122 cm³/mol. The van der Waals surface area contributed by atoms with Gasteiger partial charge in [-0.25, -0.2) is 0 Å². The van der Waals surface area contributed by atoms with Gasteiger partial charge >= 0.3 is 12.2 Å². The van der Waals surface area contributed by atoms with Gasteiger partial charge in [0.05, 0.1) is 26.5 Å². The summed E-state index contributed by atoms with van der Waals surface area (Å²) in [6.07, 6.45) is -1.81. The topological polar surface area (TPSA) is 48.8 Å². The highest BCUT2D eigenvalue weighted by atomic mass is 19.4. The van der Waals surface area contributed by atoms with Crippen LogP contribution >= 0.6 is 0 Å². The normalized spacial score (nSPS) is 15.3. The van der Waals surface area contributed by atoms with Crippen LogP contribution in [-0.2, 0) is 12.7 Å². The summed E-state index contributed by atoms with van der Waals surface area (Å²) in [7, 11) is 3.16. The number of halogens is 3. The molecule has 0 spiro atoms. The Hall–Kier alpha value is -3.20. The number of imidazole rings is 1. The fraction of sp³-hybridized carbons (Fsp3) is 0.400. The Morgan fingerprint density at radius 3 is 2.32 bits per heavy atom. The van der Waals surface area contributed by atoms with Crippen LogP contribution in [0.4, 0.5) is 13.2 Å². The molecule has 0 radical (unpaired) electrons. The summed E-state index contributed by atoms with van der Waals surface area (Å²) in [6.45, 7) is 2.93. The molecule has 182 valence electrons. The summed E-state index contributed by atoms with van der Waals surface area (Å²) >= 11 is 0. The van der Waals surface area contributed by atoms with E-state index in [1.807, 2.05) is 18.2 Å². The lowest BCUT2D eigenvalue weighted by atomic mass is 9.97. The van der Waals surface area contributed by atoms with Gasteiger partial charge in [-0.15, -0.1) is 0 Å². The largest absolute Gasteiger partial charge is 0.497 e. The van der Waals surface area contributed by atoms with Crippen LogP contribution in [0.15, 0.2) is 54.7 Å². The Balaban J connectivity index is 1.39. The molecule has 1 saturated heterocycles. The zero-order chi connectivity index (χ0) is 24.1. The molecule has 0 bridgehead atoms. The SMILES string of the molecule is COc1cccc(CN2CCC(COc3nc(C(F)(F)F)cn3-c3cccc(OC)c3)CC2)c1. The molecule has 0 amide bonds. The number of piperidine rings is 1. The van der Waals surface area contributed by atoms with Crippen molar-refractivity contribution >= 4 is 0 Å². The number of hydrogen-bond donors (Lipinski definition) is 0. The molecular weight excluding hydrogens is 447 g/mol. The molecule has 3 aromatic rings. The van der Waals surface area contributed by atoms with Gasteiger partial charge in [0.2, 0.25) is 0 Å². The quantitative estimate of drug-likeness (QED) is 0.448. The predicted octanol–water partition coefficient (Wildman–Crippen LogP) is 5.20. The summed E-state index contributed by atoms with van der Waals surface area (Å²) in [5, 5.41) is 0.